The molecule has 3 nitrogen and oxygen atoms in total. The van der Waals surface area contributed by atoms with Crippen molar-refractivity contribution in [2.45, 2.75) is 89.9 Å². The fourth-order valence-electron chi connectivity index (χ4n) is 4.42. The van der Waals surface area contributed by atoms with Crippen LogP contribution in [0.4, 0.5) is 0 Å². The molecule has 5 unspecified atom stereocenters. The molecule has 1 saturated carbocycles. The van der Waals surface area contributed by atoms with Crippen LogP contribution in [-0.4, -0.2) is 49.3 Å². The molecule has 0 radical (unpaired) electrons. The summed E-state index contributed by atoms with van der Waals surface area (Å²) >= 11 is 0. The van der Waals surface area contributed by atoms with E-state index in [1.807, 2.05) is 0 Å². The Bertz CT molecular complexity index is 297. The van der Waals surface area contributed by atoms with E-state index < -0.39 is 0 Å². The Hall–Kier alpha value is -0.120. The van der Waals surface area contributed by atoms with E-state index in [1.165, 1.54) is 44.9 Å². The van der Waals surface area contributed by atoms with Crippen LogP contribution in [0.25, 0.3) is 0 Å². The van der Waals surface area contributed by atoms with Crippen LogP contribution >= 0.6 is 0 Å². The minimum atomic E-state index is 0.397. The summed E-state index contributed by atoms with van der Waals surface area (Å²) in [6.45, 7) is 8.93. The van der Waals surface area contributed by atoms with Crippen molar-refractivity contribution in [1.82, 2.24) is 10.2 Å². The summed E-state index contributed by atoms with van der Waals surface area (Å²) in [5.74, 6) is 0.930. The highest BCUT2D eigenvalue weighted by Gasteiger charge is 2.38. The van der Waals surface area contributed by atoms with Crippen LogP contribution in [0, 0.1) is 5.92 Å². The van der Waals surface area contributed by atoms with Gasteiger partial charge in [-0.05, 0) is 58.5 Å². The molecule has 0 aromatic carbocycles. The predicted molar refractivity (Wildman–Crippen MR) is 89.7 cm³/mol. The maximum atomic E-state index is 5.81. The van der Waals surface area contributed by atoms with Crippen LogP contribution < -0.4 is 5.32 Å². The lowest BCUT2D eigenvalue weighted by Gasteiger charge is -2.44. The first-order valence-corrected chi connectivity index (χ1v) is 9.24. The van der Waals surface area contributed by atoms with Gasteiger partial charge in [0.15, 0.2) is 0 Å². The number of ether oxygens (including phenoxy) is 1. The van der Waals surface area contributed by atoms with E-state index in [0.29, 0.717) is 24.2 Å². The van der Waals surface area contributed by atoms with Crippen molar-refractivity contribution >= 4 is 0 Å². The molecule has 5 atom stereocenters. The number of nitrogens with zero attached hydrogens (tertiary/aromatic N) is 1. The van der Waals surface area contributed by atoms with Gasteiger partial charge in [-0.1, -0.05) is 26.7 Å². The van der Waals surface area contributed by atoms with Crippen molar-refractivity contribution in [2.75, 3.05) is 20.2 Å². The Morgan fingerprint density at radius 3 is 2.52 bits per heavy atom. The number of hydrogen-bond donors (Lipinski definition) is 1. The van der Waals surface area contributed by atoms with Crippen LogP contribution in [0.15, 0.2) is 0 Å². The molecule has 2 fully saturated rings. The zero-order valence-electron chi connectivity index (χ0n) is 14.6. The van der Waals surface area contributed by atoms with Gasteiger partial charge in [0.05, 0.1) is 6.10 Å². The lowest BCUT2D eigenvalue weighted by molar-refractivity contribution is 0.0373. The summed E-state index contributed by atoms with van der Waals surface area (Å²) in [6, 6.07) is 1.98. The molecule has 0 amide bonds. The van der Waals surface area contributed by atoms with Crippen LogP contribution in [0.1, 0.15) is 65.7 Å². The highest BCUT2D eigenvalue weighted by atomic mass is 16.5. The average molecular weight is 296 g/mol. The lowest BCUT2D eigenvalue weighted by atomic mass is 9.79. The molecule has 21 heavy (non-hydrogen) atoms. The summed E-state index contributed by atoms with van der Waals surface area (Å²) in [4.78, 5) is 2.66. The summed E-state index contributed by atoms with van der Waals surface area (Å²) in [7, 11) is 2.34. The molecular weight excluding hydrogens is 260 g/mol. The van der Waals surface area contributed by atoms with Crippen LogP contribution in [-0.2, 0) is 4.74 Å². The molecule has 3 heteroatoms. The third-order valence-corrected chi connectivity index (χ3v) is 5.66. The van der Waals surface area contributed by atoms with E-state index in [-0.39, 0.29) is 0 Å². The van der Waals surface area contributed by atoms with Crippen molar-refractivity contribution in [3.63, 3.8) is 0 Å². The average Bonchev–Trinajstić information content (AvgIpc) is 2.91. The molecule has 124 valence electrons. The molecule has 1 aliphatic carbocycles. The summed E-state index contributed by atoms with van der Waals surface area (Å²) in [5, 5.41) is 3.82. The van der Waals surface area contributed by atoms with E-state index in [9.17, 15) is 0 Å². The topological polar surface area (TPSA) is 24.5 Å². The number of hydrogen-bond acceptors (Lipinski definition) is 3. The summed E-state index contributed by atoms with van der Waals surface area (Å²) < 4.78 is 5.81. The summed E-state index contributed by atoms with van der Waals surface area (Å²) in [5.41, 5.74) is 0. The largest absolute Gasteiger partial charge is 0.377 e. The molecular formula is C18H36N2O. The Labute approximate surface area is 131 Å². The molecule has 2 rings (SSSR count). The van der Waals surface area contributed by atoms with Gasteiger partial charge in [-0.3, -0.25) is 4.90 Å². The normalized spacial score (nSPS) is 37.3. The molecule has 1 aliphatic heterocycles. The standard InChI is InChI=1S/C18H36N2O/c1-5-7-15-8-9-16(19-11-6-2)18(13-15)20(4)17-10-12-21-14(17)3/h14-19H,5-13H2,1-4H3. The zero-order chi connectivity index (χ0) is 15.2. The Morgan fingerprint density at radius 2 is 1.90 bits per heavy atom. The van der Waals surface area contributed by atoms with Crippen molar-refractivity contribution in [3.8, 4) is 0 Å². The Morgan fingerprint density at radius 1 is 1.10 bits per heavy atom. The van der Waals surface area contributed by atoms with Gasteiger partial charge in [0.2, 0.25) is 0 Å². The van der Waals surface area contributed by atoms with Crippen molar-refractivity contribution in [3.05, 3.63) is 0 Å². The smallest absolute Gasteiger partial charge is 0.0703 e. The van der Waals surface area contributed by atoms with Gasteiger partial charge in [0.1, 0.15) is 0 Å². The maximum absolute atomic E-state index is 5.81. The number of likely N-dealkylation sites (N-methyl/N-ethyl adjacent to an activating group) is 1. The van der Waals surface area contributed by atoms with E-state index in [2.05, 4.69) is 38.0 Å². The van der Waals surface area contributed by atoms with Crippen LogP contribution in [0.3, 0.4) is 0 Å². The molecule has 0 bridgehead atoms. The van der Waals surface area contributed by atoms with E-state index >= 15 is 0 Å². The minimum Gasteiger partial charge on any atom is -0.377 e. The minimum absolute atomic E-state index is 0.397. The summed E-state index contributed by atoms with van der Waals surface area (Å²) in [6.07, 6.45) is 9.70. The first-order valence-electron chi connectivity index (χ1n) is 9.24. The molecule has 1 saturated heterocycles. The van der Waals surface area contributed by atoms with Gasteiger partial charge in [-0.25, -0.2) is 0 Å². The monoisotopic (exact) mass is 296 g/mol. The SMILES string of the molecule is CCCNC1CCC(CCC)CC1N(C)C1CCOC1C. The van der Waals surface area contributed by atoms with Gasteiger partial charge < -0.3 is 10.1 Å². The maximum Gasteiger partial charge on any atom is 0.0703 e. The third kappa shape index (κ3) is 4.43. The second kappa shape index (κ2) is 8.50. The highest BCUT2D eigenvalue weighted by molar-refractivity contribution is 4.94. The molecule has 0 spiro atoms. The molecule has 1 N–H and O–H groups in total. The predicted octanol–water partition coefficient (Wildman–Crippen LogP) is 3.43. The van der Waals surface area contributed by atoms with Crippen LogP contribution in [0.2, 0.25) is 0 Å². The Balaban J connectivity index is 2.00. The van der Waals surface area contributed by atoms with Crippen molar-refractivity contribution in [2.24, 2.45) is 5.92 Å². The number of nitrogens with one attached hydrogen (secondary N) is 1. The van der Waals surface area contributed by atoms with Gasteiger partial charge in [-0.2, -0.15) is 0 Å². The van der Waals surface area contributed by atoms with Gasteiger partial charge in [0, 0.05) is 24.7 Å². The second-order valence-electron chi connectivity index (χ2n) is 7.19. The first-order chi connectivity index (χ1) is 10.2. The number of rotatable bonds is 7. The zero-order valence-corrected chi connectivity index (χ0v) is 14.6. The molecule has 0 aromatic rings. The Kier molecular flexibility index (Phi) is 6.97. The molecule has 0 aromatic heterocycles. The van der Waals surface area contributed by atoms with E-state index in [0.717, 1.165) is 19.1 Å². The van der Waals surface area contributed by atoms with Crippen LogP contribution in [0.5, 0.6) is 0 Å². The van der Waals surface area contributed by atoms with Crippen molar-refractivity contribution < 1.29 is 4.74 Å². The first kappa shape index (κ1) is 17.2. The van der Waals surface area contributed by atoms with Gasteiger partial charge in [-0.15, -0.1) is 0 Å². The van der Waals surface area contributed by atoms with E-state index in [4.69, 9.17) is 4.74 Å². The van der Waals surface area contributed by atoms with Crippen molar-refractivity contribution in [1.29, 1.82) is 0 Å². The fraction of sp³-hybridized carbons (Fsp3) is 1.00. The molecule has 1 heterocycles. The fourth-order valence-corrected chi connectivity index (χ4v) is 4.42. The van der Waals surface area contributed by atoms with Gasteiger partial charge >= 0.3 is 0 Å². The lowest BCUT2D eigenvalue weighted by Crippen LogP contribution is -2.56. The quantitative estimate of drug-likeness (QED) is 0.779. The third-order valence-electron chi connectivity index (χ3n) is 5.66. The second-order valence-corrected chi connectivity index (χ2v) is 7.19. The van der Waals surface area contributed by atoms with E-state index in [1.54, 1.807) is 0 Å². The highest BCUT2D eigenvalue weighted by Crippen LogP contribution is 2.33. The van der Waals surface area contributed by atoms with Gasteiger partial charge in [0.25, 0.3) is 0 Å². The molecule has 2 aliphatic rings.